The number of unbranched alkanes of at least 4 members (excludes halogenated alkanes) is 9. The van der Waals surface area contributed by atoms with Crippen molar-refractivity contribution < 1.29 is 43.4 Å². The summed E-state index contributed by atoms with van der Waals surface area (Å²) < 4.78 is 24.3. The number of fused-ring (bicyclic) bond motifs is 2. The lowest BCUT2D eigenvalue weighted by Gasteiger charge is -2.60. The Morgan fingerprint density at radius 3 is 2.15 bits per heavy atom. The molecular weight excluding hydrogens is 516 g/mol. The van der Waals surface area contributed by atoms with Crippen molar-refractivity contribution in [1.29, 1.82) is 0 Å². The molecular formula is C31H52O9. The highest BCUT2D eigenvalue weighted by molar-refractivity contribution is 5.76. The summed E-state index contributed by atoms with van der Waals surface area (Å²) in [5, 5.41) is 8.57. The summed E-state index contributed by atoms with van der Waals surface area (Å²) in [5.74, 6) is -0.661. The second-order valence-electron chi connectivity index (χ2n) is 12.8. The van der Waals surface area contributed by atoms with Crippen molar-refractivity contribution in [2.45, 2.75) is 147 Å². The molecule has 4 aliphatic heterocycles. The summed E-state index contributed by atoms with van der Waals surface area (Å²) in [6.45, 7) is 7.63. The number of carbonyl (C=O) groups excluding carboxylic acids is 1. The lowest BCUT2D eigenvalue weighted by molar-refractivity contribution is -0.577. The van der Waals surface area contributed by atoms with E-state index in [2.05, 4.69) is 13.8 Å². The predicted molar refractivity (Wildman–Crippen MR) is 147 cm³/mol. The monoisotopic (exact) mass is 568 g/mol. The van der Waals surface area contributed by atoms with Crippen LogP contribution in [0, 0.1) is 23.7 Å². The Kier molecular flexibility index (Phi) is 11.7. The maximum Gasteiger partial charge on any atom is 0.306 e. The molecule has 5 fully saturated rings. The highest BCUT2D eigenvalue weighted by Gasteiger charge is 2.69. The highest BCUT2D eigenvalue weighted by Crippen LogP contribution is 2.60. The van der Waals surface area contributed by atoms with E-state index in [0.717, 1.165) is 51.4 Å². The molecule has 2 bridgehead atoms. The van der Waals surface area contributed by atoms with Crippen LogP contribution in [0.25, 0.3) is 0 Å². The third-order valence-electron chi connectivity index (χ3n) is 9.72. The van der Waals surface area contributed by atoms with Gasteiger partial charge in [0.1, 0.15) is 0 Å². The maximum absolute atomic E-state index is 11.4. The van der Waals surface area contributed by atoms with Gasteiger partial charge in [-0.15, -0.1) is 0 Å². The van der Waals surface area contributed by atoms with Crippen LogP contribution in [0.15, 0.2) is 0 Å². The summed E-state index contributed by atoms with van der Waals surface area (Å²) >= 11 is 0. The molecule has 0 aromatic rings. The summed E-state index contributed by atoms with van der Waals surface area (Å²) in [6.07, 6.45) is 14.6. The van der Waals surface area contributed by atoms with Crippen LogP contribution in [0.1, 0.15) is 124 Å². The van der Waals surface area contributed by atoms with Crippen LogP contribution < -0.4 is 0 Å². The first kappa shape index (κ1) is 31.7. The first-order valence-electron chi connectivity index (χ1n) is 15.9. The topological polar surface area (TPSA) is 110 Å². The first-order valence-corrected chi connectivity index (χ1v) is 15.9. The van der Waals surface area contributed by atoms with E-state index < -0.39 is 29.6 Å². The van der Waals surface area contributed by atoms with Crippen molar-refractivity contribution in [1.82, 2.24) is 0 Å². The van der Waals surface area contributed by atoms with Gasteiger partial charge in [0.05, 0.1) is 19.4 Å². The van der Waals surface area contributed by atoms with Gasteiger partial charge in [0.25, 0.3) is 0 Å². The molecule has 4 saturated heterocycles. The predicted octanol–water partition coefficient (Wildman–Crippen LogP) is 6.52. The SMILES string of the molecule is C[C@H]1[C@@H](OCCCCCCCCCCCCOC(=O)CCC(=O)O)O[C@@H]2O[C@@]3(C)CC[C@H]4[C@H](C)CC[C@@H]1[C@@]24OO3. The molecule has 4 heterocycles. The van der Waals surface area contributed by atoms with Crippen molar-refractivity contribution in [3.8, 4) is 0 Å². The Morgan fingerprint density at radius 1 is 0.825 bits per heavy atom. The van der Waals surface area contributed by atoms with Crippen molar-refractivity contribution in [2.75, 3.05) is 13.2 Å². The second kappa shape index (κ2) is 14.8. The quantitative estimate of drug-likeness (QED) is 0.119. The molecule has 0 radical (unpaired) electrons. The molecule has 1 saturated carbocycles. The Balaban J connectivity index is 1.04. The Bertz CT molecular complexity index is 821. The third kappa shape index (κ3) is 7.77. The Labute approximate surface area is 239 Å². The minimum absolute atomic E-state index is 0.0456. The second-order valence-corrected chi connectivity index (χ2v) is 12.8. The number of ether oxygens (including phenoxy) is 4. The number of hydrogen-bond donors (Lipinski definition) is 1. The minimum Gasteiger partial charge on any atom is -0.481 e. The van der Waals surface area contributed by atoms with E-state index in [1.165, 1.54) is 38.5 Å². The molecule has 1 aliphatic carbocycles. The number of aliphatic carboxylic acids is 1. The smallest absolute Gasteiger partial charge is 0.306 e. The van der Waals surface area contributed by atoms with E-state index >= 15 is 0 Å². The van der Waals surface area contributed by atoms with Gasteiger partial charge in [0, 0.05) is 24.9 Å². The van der Waals surface area contributed by atoms with E-state index in [0.29, 0.717) is 31.0 Å². The molecule has 0 aromatic carbocycles. The summed E-state index contributed by atoms with van der Waals surface area (Å²) in [4.78, 5) is 33.9. The van der Waals surface area contributed by atoms with Crippen LogP contribution in [0.4, 0.5) is 0 Å². The number of carbonyl (C=O) groups is 2. The van der Waals surface area contributed by atoms with E-state index in [1.54, 1.807) is 0 Å². The molecule has 5 rings (SSSR count). The first-order chi connectivity index (χ1) is 19.2. The largest absolute Gasteiger partial charge is 0.481 e. The standard InChI is InChI=1S/C31H52O9/c1-22-14-15-25-23(2)28(37-29-31(25)24(22)18-19-30(3,38-29)39-40-31)36-21-13-11-9-7-5-4-6-8-10-12-20-35-27(34)17-16-26(32)33/h22-25,28-29H,4-21H2,1-3H3,(H,32,33)/t22-,23-,24+,25+,28+,29-,30-,31-/m1/s1. The average Bonchev–Trinajstić information content (AvgIpc) is 3.16. The molecule has 0 aromatic heterocycles. The number of rotatable bonds is 17. The molecule has 1 N–H and O–H groups in total. The van der Waals surface area contributed by atoms with Crippen molar-refractivity contribution in [3.63, 3.8) is 0 Å². The van der Waals surface area contributed by atoms with Crippen LogP contribution in [-0.4, -0.2) is 54.2 Å². The fourth-order valence-corrected chi connectivity index (χ4v) is 7.35. The molecule has 1 spiro atoms. The lowest BCUT2D eigenvalue weighted by Crippen LogP contribution is -2.70. The van der Waals surface area contributed by atoms with Gasteiger partial charge in [0.15, 0.2) is 18.2 Å². The molecule has 40 heavy (non-hydrogen) atoms. The highest BCUT2D eigenvalue weighted by atomic mass is 17.3. The van der Waals surface area contributed by atoms with Crippen LogP contribution >= 0.6 is 0 Å². The van der Waals surface area contributed by atoms with Gasteiger partial charge in [-0.3, -0.25) is 9.59 Å². The normalized spacial score (nSPS) is 36.6. The number of hydrogen-bond acceptors (Lipinski definition) is 8. The van der Waals surface area contributed by atoms with E-state index in [1.807, 2.05) is 6.92 Å². The lowest BCUT2D eigenvalue weighted by atomic mass is 9.58. The van der Waals surface area contributed by atoms with Crippen LogP contribution in [0.5, 0.6) is 0 Å². The zero-order valence-corrected chi connectivity index (χ0v) is 24.9. The van der Waals surface area contributed by atoms with Crippen molar-refractivity contribution in [2.24, 2.45) is 23.7 Å². The molecule has 0 amide bonds. The van der Waals surface area contributed by atoms with Crippen LogP contribution in [-0.2, 0) is 38.3 Å². The van der Waals surface area contributed by atoms with Gasteiger partial charge in [-0.1, -0.05) is 65.2 Å². The van der Waals surface area contributed by atoms with Crippen LogP contribution in [0.2, 0.25) is 0 Å². The molecule has 9 nitrogen and oxygen atoms in total. The fraction of sp³-hybridized carbons (Fsp3) is 0.935. The third-order valence-corrected chi connectivity index (χ3v) is 9.72. The minimum atomic E-state index is -0.971. The molecule has 0 unspecified atom stereocenters. The maximum atomic E-state index is 11.4. The van der Waals surface area contributed by atoms with Gasteiger partial charge in [-0.2, -0.15) is 0 Å². The summed E-state index contributed by atoms with van der Waals surface area (Å²) in [6, 6.07) is 0. The van der Waals surface area contributed by atoms with Crippen LogP contribution in [0.3, 0.4) is 0 Å². The van der Waals surface area contributed by atoms with Gasteiger partial charge in [-0.25, -0.2) is 9.78 Å². The summed E-state index contributed by atoms with van der Waals surface area (Å²) in [5.41, 5.74) is -0.525. The van der Waals surface area contributed by atoms with Gasteiger partial charge < -0.3 is 24.1 Å². The Hall–Kier alpha value is -1.26. The van der Waals surface area contributed by atoms with Gasteiger partial charge in [-0.05, 0) is 50.9 Å². The summed E-state index contributed by atoms with van der Waals surface area (Å²) in [7, 11) is 0. The molecule has 9 heteroatoms. The van der Waals surface area contributed by atoms with Gasteiger partial charge >= 0.3 is 11.9 Å². The van der Waals surface area contributed by atoms with Gasteiger partial charge in [0.2, 0.25) is 5.79 Å². The van der Waals surface area contributed by atoms with E-state index in [-0.39, 0.29) is 25.0 Å². The van der Waals surface area contributed by atoms with E-state index in [4.69, 9.17) is 33.8 Å². The zero-order chi connectivity index (χ0) is 28.6. The van der Waals surface area contributed by atoms with Crippen molar-refractivity contribution >= 4 is 11.9 Å². The number of carboxylic acid groups (broad SMARTS) is 1. The number of carboxylic acids is 1. The molecule has 5 aliphatic rings. The average molecular weight is 569 g/mol. The molecule has 230 valence electrons. The Morgan fingerprint density at radius 2 is 1.48 bits per heavy atom. The fourth-order valence-electron chi connectivity index (χ4n) is 7.35. The number of esters is 1. The molecule has 8 atom stereocenters. The zero-order valence-electron chi connectivity index (χ0n) is 24.9. The van der Waals surface area contributed by atoms with E-state index in [9.17, 15) is 9.59 Å². The van der Waals surface area contributed by atoms with Crippen molar-refractivity contribution in [3.05, 3.63) is 0 Å².